The van der Waals surface area contributed by atoms with Crippen molar-refractivity contribution in [2.75, 3.05) is 76.4 Å². The van der Waals surface area contributed by atoms with Gasteiger partial charge in [-0.3, -0.25) is 9.78 Å². The predicted octanol–water partition coefficient (Wildman–Crippen LogP) is 1.39. The number of nitrogens with one attached hydrogen (secondary N) is 2. The first-order valence-corrected chi connectivity index (χ1v) is 12.0. The van der Waals surface area contributed by atoms with Gasteiger partial charge >= 0.3 is 0 Å². The number of aromatic nitrogens is 3. The molecule has 35 heavy (non-hydrogen) atoms. The molecule has 184 valence electrons. The third kappa shape index (κ3) is 5.50. The topological polar surface area (TPSA) is 105 Å². The molecule has 2 saturated heterocycles. The van der Waals surface area contributed by atoms with E-state index in [0.717, 1.165) is 54.2 Å². The van der Waals surface area contributed by atoms with Crippen LogP contribution in [0.4, 0.5) is 11.5 Å². The fraction of sp³-hybridized carbons (Fsp3) is 0.440. The molecule has 0 radical (unpaired) electrons. The summed E-state index contributed by atoms with van der Waals surface area (Å²) in [6.07, 6.45) is 3.47. The first-order valence-electron chi connectivity index (χ1n) is 12.0. The van der Waals surface area contributed by atoms with Gasteiger partial charge in [-0.2, -0.15) is 0 Å². The standard InChI is InChI=1S/C25H31N7O3/c1-34-17-23(33)32-11-9-31(10-12-32)19-4-2-18(3-5-19)21-14-22-24(28-7-6-27-22)25(30-21)29-16-20-15-26-8-13-35-20/h2-7,14,20,26H,8-13,15-17H2,1H3,(H,29,30)/t20-/m0/s1. The van der Waals surface area contributed by atoms with E-state index in [4.69, 9.17) is 14.5 Å². The van der Waals surface area contributed by atoms with E-state index in [0.29, 0.717) is 32.1 Å². The highest BCUT2D eigenvalue weighted by molar-refractivity contribution is 5.88. The molecule has 0 unspecified atom stereocenters. The maximum absolute atomic E-state index is 12.1. The molecule has 2 aromatic heterocycles. The van der Waals surface area contributed by atoms with Crippen LogP contribution in [0.2, 0.25) is 0 Å². The highest BCUT2D eigenvalue weighted by Crippen LogP contribution is 2.27. The fourth-order valence-corrected chi connectivity index (χ4v) is 4.48. The number of ether oxygens (including phenoxy) is 2. The summed E-state index contributed by atoms with van der Waals surface area (Å²) in [6, 6.07) is 10.4. The zero-order chi connectivity index (χ0) is 24.0. The number of morpholine rings is 1. The molecule has 0 spiro atoms. The zero-order valence-electron chi connectivity index (χ0n) is 19.9. The number of amides is 1. The molecule has 1 atom stereocenters. The van der Waals surface area contributed by atoms with Gasteiger partial charge in [0.05, 0.1) is 23.9 Å². The second kappa shape index (κ2) is 10.9. The number of carbonyl (C=O) groups excluding carboxylic acids is 1. The molecule has 1 amide bonds. The SMILES string of the molecule is COCC(=O)N1CCN(c2ccc(-c3cc4nccnc4c(NC[C@@H]4CNCCO4)n3)cc2)CC1. The smallest absolute Gasteiger partial charge is 0.248 e. The molecule has 5 rings (SSSR count). The summed E-state index contributed by atoms with van der Waals surface area (Å²) in [6.45, 7) is 6.18. The van der Waals surface area contributed by atoms with Crippen LogP contribution in [0.5, 0.6) is 0 Å². The van der Waals surface area contributed by atoms with Crippen LogP contribution in [0, 0.1) is 0 Å². The monoisotopic (exact) mass is 477 g/mol. The Balaban J connectivity index is 1.30. The molecule has 10 nitrogen and oxygen atoms in total. The van der Waals surface area contributed by atoms with Crippen molar-refractivity contribution in [3.05, 3.63) is 42.7 Å². The van der Waals surface area contributed by atoms with Crippen LogP contribution in [0.3, 0.4) is 0 Å². The molecule has 10 heteroatoms. The molecule has 4 heterocycles. The Bertz CT molecular complexity index is 1140. The van der Waals surface area contributed by atoms with E-state index in [2.05, 4.69) is 49.8 Å². The van der Waals surface area contributed by atoms with E-state index in [-0.39, 0.29) is 18.6 Å². The third-order valence-electron chi connectivity index (χ3n) is 6.39. The van der Waals surface area contributed by atoms with E-state index in [1.165, 1.54) is 0 Å². The lowest BCUT2D eigenvalue weighted by molar-refractivity contribution is -0.135. The van der Waals surface area contributed by atoms with Crippen LogP contribution < -0.4 is 15.5 Å². The van der Waals surface area contributed by atoms with E-state index < -0.39 is 0 Å². The number of hydrogen-bond acceptors (Lipinski definition) is 9. The number of rotatable bonds is 7. The Kier molecular flexibility index (Phi) is 7.31. The molecule has 1 aromatic carbocycles. The van der Waals surface area contributed by atoms with Crippen molar-refractivity contribution >= 4 is 28.4 Å². The lowest BCUT2D eigenvalue weighted by Crippen LogP contribution is -2.49. The number of methoxy groups -OCH3 is 1. The molecule has 0 saturated carbocycles. The highest BCUT2D eigenvalue weighted by atomic mass is 16.5. The van der Waals surface area contributed by atoms with E-state index in [9.17, 15) is 4.79 Å². The minimum Gasteiger partial charge on any atom is -0.375 e. The van der Waals surface area contributed by atoms with Gasteiger partial charge in [0.15, 0.2) is 5.82 Å². The van der Waals surface area contributed by atoms with Gasteiger partial charge < -0.3 is 29.9 Å². The Labute approximate surface area is 204 Å². The number of benzene rings is 1. The number of pyridine rings is 1. The molecular weight excluding hydrogens is 446 g/mol. The average molecular weight is 478 g/mol. The number of carbonyl (C=O) groups is 1. The predicted molar refractivity (Wildman–Crippen MR) is 135 cm³/mol. The first kappa shape index (κ1) is 23.4. The van der Waals surface area contributed by atoms with E-state index >= 15 is 0 Å². The largest absolute Gasteiger partial charge is 0.375 e. The minimum absolute atomic E-state index is 0.0451. The summed E-state index contributed by atoms with van der Waals surface area (Å²) in [5, 5.41) is 6.77. The van der Waals surface area contributed by atoms with Crippen molar-refractivity contribution in [1.29, 1.82) is 0 Å². The van der Waals surface area contributed by atoms with Crippen LogP contribution in [0.15, 0.2) is 42.7 Å². The van der Waals surface area contributed by atoms with Gasteiger partial charge in [0, 0.05) is 76.6 Å². The Morgan fingerprint density at radius 3 is 2.71 bits per heavy atom. The number of piperazine rings is 1. The number of fused-ring (bicyclic) bond motifs is 1. The van der Waals surface area contributed by atoms with Gasteiger partial charge in [0.2, 0.25) is 5.91 Å². The quantitative estimate of drug-likeness (QED) is 0.522. The van der Waals surface area contributed by atoms with Crippen molar-refractivity contribution < 1.29 is 14.3 Å². The van der Waals surface area contributed by atoms with E-state index in [1.54, 1.807) is 19.5 Å². The highest BCUT2D eigenvalue weighted by Gasteiger charge is 2.21. The molecule has 2 N–H and O–H groups in total. The first-order chi connectivity index (χ1) is 17.2. The number of nitrogens with zero attached hydrogens (tertiary/aromatic N) is 5. The molecule has 2 aliphatic heterocycles. The maximum atomic E-state index is 12.1. The van der Waals surface area contributed by atoms with Crippen LogP contribution in [-0.2, 0) is 14.3 Å². The summed E-state index contributed by atoms with van der Waals surface area (Å²) in [5.41, 5.74) is 4.52. The third-order valence-corrected chi connectivity index (χ3v) is 6.39. The fourth-order valence-electron chi connectivity index (χ4n) is 4.48. The molecular formula is C25H31N7O3. The normalized spacial score (nSPS) is 18.6. The summed E-state index contributed by atoms with van der Waals surface area (Å²) in [4.78, 5) is 30.1. The molecule has 0 aliphatic carbocycles. The Morgan fingerprint density at radius 1 is 1.17 bits per heavy atom. The minimum atomic E-state index is 0.0451. The zero-order valence-corrected chi connectivity index (χ0v) is 19.9. The van der Waals surface area contributed by atoms with E-state index in [1.807, 2.05) is 11.0 Å². The maximum Gasteiger partial charge on any atom is 0.248 e. The molecule has 2 fully saturated rings. The van der Waals surface area contributed by atoms with Gasteiger partial charge in [-0.25, -0.2) is 9.97 Å². The lowest BCUT2D eigenvalue weighted by atomic mass is 10.1. The Hall–Kier alpha value is -3.34. The summed E-state index contributed by atoms with van der Waals surface area (Å²) in [5.74, 6) is 0.754. The summed E-state index contributed by atoms with van der Waals surface area (Å²) >= 11 is 0. The van der Waals surface area contributed by atoms with Crippen molar-refractivity contribution in [1.82, 2.24) is 25.2 Å². The van der Waals surface area contributed by atoms with Gasteiger partial charge in [-0.1, -0.05) is 12.1 Å². The van der Waals surface area contributed by atoms with Crippen LogP contribution >= 0.6 is 0 Å². The van der Waals surface area contributed by atoms with Crippen LogP contribution in [-0.4, -0.2) is 98.0 Å². The van der Waals surface area contributed by atoms with Crippen molar-refractivity contribution in [3.63, 3.8) is 0 Å². The van der Waals surface area contributed by atoms with Gasteiger partial charge in [-0.15, -0.1) is 0 Å². The lowest BCUT2D eigenvalue weighted by Gasteiger charge is -2.36. The second-order valence-corrected chi connectivity index (χ2v) is 8.71. The van der Waals surface area contributed by atoms with Gasteiger partial charge in [-0.05, 0) is 18.2 Å². The van der Waals surface area contributed by atoms with Gasteiger partial charge in [0.1, 0.15) is 12.1 Å². The summed E-state index contributed by atoms with van der Waals surface area (Å²) in [7, 11) is 1.55. The molecule has 0 bridgehead atoms. The second-order valence-electron chi connectivity index (χ2n) is 8.71. The van der Waals surface area contributed by atoms with Crippen LogP contribution in [0.1, 0.15) is 0 Å². The number of hydrogen-bond donors (Lipinski definition) is 2. The summed E-state index contributed by atoms with van der Waals surface area (Å²) < 4.78 is 10.8. The Morgan fingerprint density at radius 2 is 1.97 bits per heavy atom. The molecule has 2 aliphatic rings. The number of anilines is 2. The molecule has 3 aromatic rings. The average Bonchev–Trinajstić information content (AvgIpc) is 2.92. The van der Waals surface area contributed by atoms with Gasteiger partial charge in [0.25, 0.3) is 0 Å². The van der Waals surface area contributed by atoms with Crippen molar-refractivity contribution in [3.8, 4) is 11.3 Å². The van der Waals surface area contributed by atoms with Crippen molar-refractivity contribution in [2.24, 2.45) is 0 Å². The van der Waals surface area contributed by atoms with Crippen molar-refractivity contribution in [2.45, 2.75) is 6.10 Å². The van der Waals surface area contributed by atoms with Crippen LogP contribution in [0.25, 0.3) is 22.3 Å².